The molecular formula is C19H17ClF2N4O3. The molecule has 1 unspecified atom stereocenters. The monoisotopic (exact) mass is 422 g/mol. The number of aromatic nitrogens is 2. The van der Waals surface area contributed by atoms with Crippen molar-refractivity contribution >= 4 is 22.8 Å². The highest BCUT2D eigenvalue weighted by Gasteiger charge is 2.27. The molecule has 0 amide bonds. The van der Waals surface area contributed by atoms with Gasteiger partial charge in [0.25, 0.3) is 0 Å². The second kappa shape index (κ2) is 7.76. The third-order valence-corrected chi connectivity index (χ3v) is 4.83. The number of carboxylic acids is 1. The van der Waals surface area contributed by atoms with Crippen LogP contribution in [0, 0.1) is 11.6 Å². The van der Waals surface area contributed by atoms with Crippen LogP contribution in [0.4, 0.5) is 14.6 Å². The van der Waals surface area contributed by atoms with Crippen LogP contribution >= 0.6 is 0 Å². The molecule has 1 aliphatic rings. The lowest BCUT2D eigenvalue weighted by Crippen LogP contribution is -3.00. The fourth-order valence-electron chi connectivity index (χ4n) is 3.41. The van der Waals surface area contributed by atoms with Crippen molar-refractivity contribution in [2.24, 2.45) is 0 Å². The Morgan fingerprint density at radius 1 is 1.24 bits per heavy atom. The molecule has 2 aromatic heterocycles. The summed E-state index contributed by atoms with van der Waals surface area (Å²) in [7, 11) is 0. The molecule has 10 heteroatoms. The Kier molecular flexibility index (Phi) is 5.54. The molecule has 0 aliphatic carbocycles. The van der Waals surface area contributed by atoms with Crippen LogP contribution in [0.3, 0.4) is 0 Å². The number of rotatable bonds is 3. The molecule has 152 valence electrons. The predicted octanol–water partition coefficient (Wildman–Crippen LogP) is -1.81. The highest BCUT2D eigenvalue weighted by Crippen LogP contribution is 2.25. The van der Waals surface area contributed by atoms with E-state index in [4.69, 9.17) is 0 Å². The zero-order valence-electron chi connectivity index (χ0n) is 15.1. The van der Waals surface area contributed by atoms with E-state index in [1.807, 2.05) is 0 Å². The number of halogens is 3. The average Bonchev–Trinajstić information content (AvgIpc) is 3.09. The van der Waals surface area contributed by atoms with Gasteiger partial charge in [-0.1, -0.05) is 0 Å². The Balaban J connectivity index is 0.00000240. The molecule has 7 nitrogen and oxygen atoms in total. The molecule has 0 spiro atoms. The molecule has 1 aliphatic heterocycles. The first kappa shape index (κ1) is 20.7. The minimum atomic E-state index is -1.44. The van der Waals surface area contributed by atoms with Crippen molar-refractivity contribution in [3.63, 3.8) is 0 Å². The van der Waals surface area contributed by atoms with E-state index in [1.165, 1.54) is 28.8 Å². The molecule has 4 rings (SSSR count). The van der Waals surface area contributed by atoms with Crippen molar-refractivity contribution in [1.29, 1.82) is 0 Å². The summed E-state index contributed by atoms with van der Waals surface area (Å²) in [6.45, 7) is 1.11. The summed E-state index contributed by atoms with van der Waals surface area (Å²) in [5.74, 6) is -2.53. The van der Waals surface area contributed by atoms with Gasteiger partial charge in [-0.05, 0) is 30.3 Å². The fraction of sp³-hybridized carbons (Fsp3) is 0.211. The number of nitrogens with zero attached hydrogens (tertiary/aromatic N) is 3. The first-order chi connectivity index (χ1) is 13.3. The lowest BCUT2D eigenvalue weighted by atomic mass is 10.1. The molecule has 0 bridgehead atoms. The number of carboxylic acid groups (broad SMARTS) is 1. The standard InChI is InChI=1S/C19H16F2N4O3.ClH/c20-10-1-3-12(4-2-10)25-9-14(19(27)28)16(26)13-7-15(21)18(23-17(13)25)24-6-5-11(22)8-24;/h1-4,7,9,11H,5-6,8,22H2,(H,27,28);1H. The number of aromatic carboxylic acids is 1. The average molecular weight is 423 g/mol. The third-order valence-electron chi connectivity index (χ3n) is 4.83. The molecule has 1 saturated heterocycles. The van der Waals surface area contributed by atoms with E-state index < -0.39 is 28.6 Å². The summed E-state index contributed by atoms with van der Waals surface area (Å²) in [6.07, 6.45) is 1.92. The van der Waals surface area contributed by atoms with Crippen LogP contribution in [0.15, 0.2) is 41.3 Å². The smallest absolute Gasteiger partial charge is 0.341 e. The fourth-order valence-corrected chi connectivity index (χ4v) is 3.41. The number of anilines is 1. The minimum absolute atomic E-state index is 0. The first-order valence-electron chi connectivity index (χ1n) is 8.68. The van der Waals surface area contributed by atoms with E-state index in [1.54, 1.807) is 4.90 Å². The maximum Gasteiger partial charge on any atom is 0.341 e. The summed E-state index contributed by atoms with van der Waals surface area (Å²) >= 11 is 0. The maximum atomic E-state index is 14.7. The zero-order valence-corrected chi connectivity index (χ0v) is 15.9. The van der Waals surface area contributed by atoms with Crippen molar-refractivity contribution in [3.05, 3.63) is 63.9 Å². The van der Waals surface area contributed by atoms with Crippen molar-refractivity contribution in [2.75, 3.05) is 18.0 Å². The van der Waals surface area contributed by atoms with Crippen LogP contribution in [0.25, 0.3) is 16.7 Å². The lowest BCUT2D eigenvalue weighted by molar-refractivity contribution is -0.412. The van der Waals surface area contributed by atoms with E-state index >= 15 is 0 Å². The summed E-state index contributed by atoms with van der Waals surface area (Å²) in [5.41, 5.74) is 3.13. The largest absolute Gasteiger partial charge is 1.00 e. The lowest BCUT2D eigenvalue weighted by Gasteiger charge is -2.19. The molecule has 4 N–H and O–H groups in total. The zero-order chi connectivity index (χ0) is 20.0. The Bertz CT molecular complexity index is 1150. The van der Waals surface area contributed by atoms with Crippen LogP contribution in [0.1, 0.15) is 16.8 Å². The van der Waals surface area contributed by atoms with Crippen LogP contribution in [0.5, 0.6) is 0 Å². The molecule has 1 atom stereocenters. The number of quaternary nitrogens is 1. The van der Waals surface area contributed by atoms with Gasteiger partial charge in [-0.2, -0.15) is 0 Å². The van der Waals surface area contributed by atoms with Gasteiger partial charge in [0.2, 0.25) is 5.43 Å². The number of hydrogen-bond acceptors (Lipinski definition) is 4. The van der Waals surface area contributed by atoms with E-state index in [9.17, 15) is 23.5 Å². The number of benzene rings is 1. The topological polar surface area (TPSA) is 103 Å². The quantitative estimate of drug-likeness (QED) is 0.518. The Morgan fingerprint density at radius 3 is 2.52 bits per heavy atom. The molecule has 3 aromatic rings. The van der Waals surface area contributed by atoms with Gasteiger partial charge < -0.3 is 32.7 Å². The van der Waals surface area contributed by atoms with Crippen LogP contribution in [-0.4, -0.2) is 39.8 Å². The van der Waals surface area contributed by atoms with Gasteiger partial charge in [0.15, 0.2) is 17.3 Å². The second-order valence-corrected chi connectivity index (χ2v) is 6.79. The van der Waals surface area contributed by atoms with E-state index in [0.717, 1.165) is 18.7 Å². The van der Waals surface area contributed by atoms with Gasteiger partial charge in [-0.25, -0.2) is 18.6 Å². The Labute approximate surface area is 169 Å². The number of hydrogen-bond donors (Lipinski definition) is 2. The summed E-state index contributed by atoms with van der Waals surface area (Å²) < 4.78 is 29.4. The van der Waals surface area contributed by atoms with Crippen molar-refractivity contribution < 1.29 is 36.8 Å². The summed E-state index contributed by atoms with van der Waals surface area (Å²) in [6, 6.07) is 6.43. The highest BCUT2D eigenvalue weighted by atomic mass is 35.5. The van der Waals surface area contributed by atoms with E-state index in [2.05, 4.69) is 10.7 Å². The third kappa shape index (κ3) is 3.66. The van der Waals surface area contributed by atoms with Crippen LogP contribution < -0.4 is 28.5 Å². The summed E-state index contributed by atoms with van der Waals surface area (Å²) in [5, 5.41) is 9.21. The first-order valence-corrected chi connectivity index (χ1v) is 8.68. The van der Waals surface area contributed by atoms with Crippen molar-refractivity contribution in [1.82, 2.24) is 9.55 Å². The van der Waals surface area contributed by atoms with Crippen LogP contribution in [-0.2, 0) is 0 Å². The van der Waals surface area contributed by atoms with Crippen LogP contribution in [0.2, 0.25) is 0 Å². The summed E-state index contributed by atoms with van der Waals surface area (Å²) in [4.78, 5) is 30.2. The molecule has 3 heterocycles. The number of pyridine rings is 2. The molecule has 0 radical (unpaired) electrons. The van der Waals surface area contributed by atoms with E-state index in [-0.39, 0.29) is 35.3 Å². The highest BCUT2D eigenvalue weighted by molar-refractivity contribution is 5.92. The van der Waals surface area contributed by atoms with Gasteiger partial charge in [0.05, 0.1) is 11.9 Å². The normalized spacial score (nSPS) is 16.1. The van der Waals surface area contributed by atoms with Gasteiger partial charge in [0, 0.05) is 24.8 Å². The number of fused-ring (bicyclic) bond motifs is 1. The molecule has 0 saturated carbocycles. The van der Waals surface area contributed by atoms with Gasteiger partial charge in [-0.3, -0.25) is 4.79 Å². The van der Waals surface area contributed by atoms with Gasteiger partial charge in [-0.15, -0.1) is 0 Å². The second-order valence-electron chi connectivity index (χ2n) is 6.79. The van der Waals surface area contributed by atoms with Gasteiger partial charge >= 0.3 is 5.97 Å². The van der Waals surface area contributed by atoms with Crippen molar-refractivity contribution in [3.8, 4) is 5.69 Å². The molecule has 29 heavy (non-hydrogen) atoms. The predicted molar refractivity (Wildman–Crippen MR) is 97.7 cm³/mol. The number of carbonyl (C=O) groups is 1. The van der Waals surface area contributed by atoms with Crippen molar-refractivity contribution in [2.45, 2.75) is 12.5 Å². The Hall–Kier alpha value is -3.04. The Morgan fingerprint density at radius 2 is 1.93 bits per heavy atom. The SMILES string of the molecule is [Cl-].[NH3+]C1CCN(c2nc3c(cc2F)c(=O)c(C(=O)O)cn3-c2ccc(F)cc2)C1. The molecule has 1 aromatic carbocycles. The minimum Gasteiger partial charge on any atom is -1.00 e. The molecular weight excluding hydrogens is 406 g/mol. The maximum absolute atomic E-state index is 14.7. The molecule has 1 fully saturated rings. The van der Waals surface area contributed by atoms with E-state index in [0.29, 0.717) is 18.8 Å². The van der Waals surface area contributed by atoms with Gasteiger partial charge in [0.1, 0.15) is 17.4 Å².